The van der Waals surface area contributed by atoms with E-state index in [9.17, 15) is 0 Å². The number of aromatic nitrogens is 5. The van der Waals surface area contributed by atoms with Crippen LogP contribution in [0.3, 0.4) is 0 Å². The monoisotopic (exact) mass is 225 g/mol. The van der Waals surface area contributed by atoms with Crippen molar-refractivity contribution in [3.63, 3.8) is 0 Å². The first-order valence-electron chi connectivity index (χ1n) is 4.50. The van der Waals surface area contributed by atoms with Crippen molar-refractivity contribution < 1.29 is 4.74 Å². The standard InChI is InChI=1S/C8H11N5OS/c1-5(2)15-6-4-9-7-10-11-8(14-3)12-13(6)7/h4-5H,1-3H3. The summed E-state index contributed by atoms with van der Waals surface area (Å²) in [6, 6.07) is 0.242. The molecular formula is C8H11N5OS. The largest absolute Gasteiger partial charge is 0.465 e. The van der Waals surface area contributed by atoms with Gasteiger partial charge in [-0.25, -0.2) is 4.98 Å². The second kappa shape index (κ2) is 4.01. The maximum absolute atomic E-state index is 4.91. The topological polar surface area (TPSA) is 65.2 Å². The van der Waals surface area contributed by atoms with Crippen LogP contribution in [-0.4, -0.2) is 37.2 Å². The Morgan fingerprint density at radius 3 is 2.87 bits per heavy atom. The number of hydrogen-bond acceptors (Lipinski definition) is 6. The normalized spacial score (nSPS) is 11.2. The molecule has 2 rings (SSSR count). The van der Waals surface area contributed by atoms with Crippen molar-refractivity contribution in [2.75, 3.05) is 7.11 Å². The van der Waals surface area contributed by atoms with Crippen LogP contribution in [-0.2, 0) is 0 Å². The minimum atomic E-state index is 0.242. The van der Waals surface area contributed by atoms with Crippen LogP contribution in [0, 0.1) is 0 Å². The van der Waals surface area contributed by atoms with Crippen LogP contribution in [0.25, 0.3) is 5.78 Å². The summed E-state index contributed by atoms with van der Waals surface area (Å²) in [7, 11) is 1.51. The number of fused-ring (bicyclic) bond motifs is 1. The van der Waals surface area contributed by atoms with Gasteiger partial charge in [-0.1, -0.05) is 18.9 Å². The summed E-state index contributed by atoms with van der Waals surface area (Å²) in [5.74, 6) is 0.485. The molecule has 0 saturated heterocycles. The maximum atomic E-state index is 4.91. The Bertz CT molecular complexity index is 469. The number of imidazole rings is 1. The molecule has 0 aliphatic heterocycles. The molecule has 0 radical (unpaired) electrons. The van der Waals surface area contributed by atoms with E-state index in [2.05, 4.69) is 34.1 Å². The van der Waals surface area contributed by atoms with Crippen molar-refractivity contribution in [2.24, 2.45) is 0 Å². The van der Waals surface area contributed by atoms with Gasteiger partial charge in [0.15, 0.2) is 0 Å². The van der Waals surface area contributed by atoms with E-state index in [4.69, 9.17) is 4.74 Å². The number of nitrogens with zero attached hydrogens (tertiary/aromatic N) is 5. The van der Waals surface area contributed by atoms with E-state index >= 15 is 0 Å². The Morgan fingerprint density at radius 1 is 1.40 bits per heavy atom. The van der Waals surface area contributed by atoms with Gasteiger partial charge in [-0.2, -0.15) is 4.52 Å². The highest BCUT2D eigenvalue weighted by Crippen LogP contribution is 2.22. The molecule has 0 bridgehead atoms. The summed E-state index contributed by atoms with van der Waals surface area (Å²) in [5, 5.41) is 13.2. The minimum absolute atomic E-state index is 0.242. The zero-order valence-electron chi connectivity index (χ0n) is 8.71. The first kappa shape index (κ1) is 10.2. The summed E-state index contributed by atoms with van der Waals surface area (Å²) in [5.41, 5.74) is 0. The quantitative estimate of drug-likeness (QED) is 0.727. The molecule has 7 heteroatoms. The van der Waals surface area contributed by atoms with E-state index < -0.39 is 0 Å². The molecule has 0 aromatic carbocycles. The van der Waals surface area contributed by atoms with Gasteiger partial charge in [-0.15, -0.1) is 22.0 Å². The van der Waals surface area contributed by atoms with Gasteiger partial charge in [0.1, 0.15) is 5.03 Å². The molecule has 0 aliphatic carbocycles. The second-order valence-corrected chi connectivity index (χ2v) is 4.76. The van der Waals surface area contributed by atoms with Gasteiger partial charge >= 0.3 is 6.01 Å². The molecule has 0 atom stereocenters. The van der Waals surface area contributed by atoms with Crippen molar-refractivity contribution >= 4 is 17.5 Å². The Kier molecular flexibility index (Phi) is 2.72. The second-order valence-electron chi connectivity index (χ2n) is 3.16. The smallest absolute Gasteiger partial charge is 0.353 e. The molecule has 0 saturated carbocycles. The van der Waals surface area contributed by atoms with E-state index in [0.29, 0.717) is 11.0 Å². The highest BCUT2D eigenvalue weighted by atomic mass is 32.2. The van der Waals surface area contributed by atoms with Gasteiger partial charge in [0.05, 0.1) is 13.3 Å². The highest BCUT2D eigenvalue weighted by Gasteiger charge is 2.09. The highest BCUT2D eigenvalue weighted by molar-refractivity contribution is 7.99. The number of hydrogen-bond donors (Lipinski definition) is 0. The molecule has 15 heavy (non-hydrogen) atoms. The Balaban J connectivity index is 2.46. The SMILES string of the molecule is COc1nnc2ncc(SC(C)C)n2n1. The van der Waals surface area contributed by atoms with Crippen LogP contribution >= 0.6 is 11.8 Å². The van der Waals surface area contributed by atoms with Crippen LogP contribution < -0.4 is 4.74 Å². The number of methoxy groups -OCH3 is 1. The lowest BCUT2D eigenvalue weighted by Crippen LogP contribution is -2.03. The Labute approximate surface area is 91.1 Å². The number of rotatable bonds is 3. The first-order chi connectivity index (χ1) is 7.20. The third-order valence-corrected chi connectivity index (χ3v) is 2.63. The van der Waals surface area contributed by atoms with Gasteiger partial charge in [0.25, 0.3) is 5.78 Å². The van der Waals surface area contributed by atoms with Crippen LogP contribution in [0.2, 0.25) is 0 Å². The molecule has 0 aliphatic rings. The zero-order chi connectivity index (χ0) is 10.8. The van der Waals surface area contributed by atoms with Crippen molar-refractivity contribution in [3.05, 3.63) is 6.20 Å². The molecule has 0 N–H and O–H groups in total. The molecule has 0 spiro atoms. The molecule has 2 aromatic heterocycles. The van der Waals surface area contributed by atoms with E-state index in [1.807, 2.05) is 0 Å². The van der Waals surface area contributed by atoms with Gasteiger partial charge in [0, 0.05) is 5.25 Å². The van der Waals surface area contributed by atoms with Gasteiger partial charge < -0.3 is 4.74 Å². The van der Waals surface area contributed by atoms with Crippen LogP contribution in [0.1, 0.15) is 13.8 Å². The van der Waals surface area contributed by atoms with Crippen molar-refractivity contribution in [2.45, 2.75) is 24.1 Å². The molecule has 6 nitrogen and oxygen atoms in total. The average molecular weight is 225 g/mol. The maximum Gasteiger partial charge on any atom is 0.353 e. The fourth-order valence-electron chi connectivity index (χ4n) is 1.08. The van der Waals surface area contributed by atoms with Gasteiger partial charge in [-0.3, -0.25) is 0 Å². The van der Waals surface area contributed by atoms with Crippen molar-refractivity contribution in [1.29, 1.82) is 0 Å². The first-order valence-corrected chi connectivity index (χ1v) is 5.38. The molecule has 0 amide bonds. The lowest BCUT2D eigenvalue weighted by Gasteiger charge is -2.03. The summed E-state index contributed by atoms with van der Waals surface area (Å²) >= 11 is 1.67. The van der Waals surface area contributed by atoms with Crippen LogP contribution in [0.5, 0.6) is 6.01 Å². The molecule has 80 valence electrons. The van der Waals surface area contributed by atoms with E-state index in [1.165, 1.54) is 7.11 Å². The summed E-state index contributed by atoms with van der Waals surface area (Å²) < 4.78 is 6.54. The third-order valence-electron chi connectivity index (χ3n) is 1.64. The number of thioether (sulfide) groups is 1. The summed E-state index contributed by atoms with van der Waals surface area (Å²) in [6.45, 7) is 4.21. The molecule has 2 heterocycles. The van der Waals surface area contributed by atoms with Crippen LogP contribution in [0.4, 0.5) is 0 Å². The molecular weight excluding hydrogens is 214 g/mol. The third kappa shape index (κ3) is 2.01. The lowest BCUT2D eigenvalue weighted by molar-refractivity contribution is 0.362. The van der Waals surface area contributed by atoms with E-state index in [-0.39, 0.29) is 6.01 Å². The summed E-state index contributed by atoms with van der Waals surface area (Å²) in [6.07, 6.45) is 1.74. The fourth-order valence-corrected chi connectivity index (χ4v) is 1.90. The number of ether oxygens (including phenoxy) is 1. The zero-order valence-corrected chi connectivity index (χ0v) is 9.52. The van der Waals surface area contributed by atoms with Gasteiger partial charge in [-0.05, 0) is 0 Å². The van der Waals surface area contributed by atoms with Crippen molar-refractivity contribution in [3.8, 4) is 6.01 Å². The predicted octanol–water partition coefficient (Wildman–Crippen LogP) is 1.03. The summed E-state index contributed by atoms with van der Waals surface area (Å²) in [4.78, 5) is 4.10. The van der Waals surface area contributed by atoms with Crippen LogP contribution in [0.15, 0.2) is 11.2 Å². The average Bonchev–Trinajstić information content (AvgIpc) is 2.60. The minimum Gasteiger partial charge on any atom is -0.465 e. The molecule has 2 aromatic rings. The predicted molar refractivity (Wildman–Crippen MR) is 56.1 cm³/mol. The van der Waals surface area contributed by atoms with Gasteiger partial charge in [0.2, 0.25) is 0 Å². The van der Waals surface area contributed by atoms with Crippen molar-refractivity contribution in [1.82, 2.24) is 24.8 Å². The Hall–Kier alpha value is -1.37. The Morgan fingerprint density at radius 2 is 2.20 bits per heavy atom. The molecule has 0 fully saturated rings. The fraction of sp³-hybridized carbons (Fsp3) is 0.500. The van der Waals surface area contributed by atoms with E-state index in [0.717, 1.165) is 5.03 Å². The molecule has 0 unspecified atom stereocenters. The van der Waals surface area contributed by atoms with E-state index in [1.54, 1.807) is 22.5 Å². The lowest BCUT2D eigenvalue weighted by atomic mass is 10.6.